The Hall–Kier alpha value is -2.87. The SMILES string of the molecule is CCN(CC)C(=O)c1sc(NC(=O)CCc2ccc(OC)cc2)c(C(=O)OC(C)C)c1C. The molecule has 0 aliphatic carbocycles. The van der Waals surface area contributed by atoms with E-state index in [9.17, 15) is 14.4 Å². The summed E-state index contributed by atoms with van der Waals surface area (Å²) in [4.78, 5) is 40.5. The minimum Gasteiger partial charge on any atom is -0.497 e. The lowest BCUT2D eigenvalue weighted by atomic mass is 10.1. The van der Waals surface area contributed by atoms with Crippen LogP contribution in [-0.2, 0) is 16.0 Å². The summed E-state index contributed by atoms with van der Waals surface area (Å²) >= 11 is 1.12. The second kappa shape index (κ2) is 11.7. The summed E-state index contributed by atoms with van der Waals surface area (Å²) in [5, 5.41) is 3.18. The van der Waals surface area contributed by atoms with Crippen molar-refractivity contribution in [2.24, 2.45) is 0 Å². The average Bonchev–Trinajstić information content (AvgIpc) is 3.08. The predicted octanol–water partition coefficient (Wildman–Crippen LogP) is 4.68. The van der Waals surface area contributed by atoms with Crippen molar-refractivity contribution in [2.75, 3.05) is 25.5 Å². The van der Waals surface area contributed by atoms with Crippen molar-refractivity contribution in [1.82, 2.24) is 4.90 Å². The smallest absolute Gasteiger partial charge is 0.341 e. The van der Waals surface area contributed by atoms with Crippen LogP contribution in [0.1, 0.15) is 65.3 Å². The van der Waals surface area contributed by atoms with Gasteiger partial charge in [0.25, 0.3) is 5.91 Å². The molecule has 2 amide bonds. The number of esters is 1. The second-order valence-electron chi connectivity index (χ2n) is 7.59. The minimum absolute atomic E-state index is 0.158. The van der Waals surface area contributed by atoms with E-state index in [1.165, 1.54) is 0 Å². The van der Waals surface area contributed by atoms with Crippen molar-refractivity contribution >= 4 is 34.1 Å². The Balaban J connectivity index is 2.24. The number of aryl methyl sites for hydroxylation is 1. The monoisotopic (exact) mass is 460 g/mol. The first-order chi connectivity index (χ1) is 15.2. The van der Waals surface area contributed by atoms with Crippen LogP contribution in [0, 0.1) is 6.92 Å². The predicted molar refractivity (Wildman–Crippen MR) is 127 cm³/mol. The number of carbonyl (C=O) groups excluding carboxylic acids is 3. The number of thiophene rings is 1. The summed E-state index contributed by atoms with van der Waals surface area (Å²) < 4.78 is 10.5. The third-order valence-corrected chi connectivity index (χ3v) is 6.19. The van der Waals surface area contributed by atoms with Gasteiger partial charge in [-0.25, -0.2) is 4.79 Å². The van der Waals surface area contributed by atoms with Gasteiger partial charge in [0.1, 0.15) is 10.8 Å². The lowest BCUT2D eigenvalue weighted by molar-refractivity contribution is -0.116. The number of benzene rings is 1. The molecule has 0 saturated carbocycles. The molecular formula is C24H32N2O5S. The Morgan fingerprint density at radius 2 is 1.72 bits per heavy atom. The summed E-state index contributed by atoms with van der Waals surface area (Å²) in [6.45, 7) is 10.2. The molecule has 7 nitrogen and oxygen atoms in total. The zero-order valence-electron chi connectivity index (χ0n) is 19.6. The van der Waals surface area contributed by atoms with Gasteiger partial charge in [0, 0.05) is 19.5 Å². The zero-order chi connectivity index (χ0) is 23.8. The van der Waals surface area contributed by atoms with E-state index in [4.69, 9.17) is 9.47 Å². The molecule has 0 spiro atoms. The van der Waals surface area contributed by atoms with E-state index in [1.807, 2.05) is 38.1 Å². The Morgan fingerprint density at radius 1 is 1.09 bits per heavy atom. The first-order valence-electron chi connectivity index (χ1n) is 10.8. The van der Waals surface area contributed by atoms with Gasteiger partial charge in [-0.1, -0.05) is 12.1 Å². The quantitative estimate of drug-likeness (QED) is 0.520. The molecule has 1 N–H and O–H groups in total. The molecule has 0 fully saturated rings. The summed E-state index contributed by atoms with van der Waals surface area (Å²) in [6.07, 6.45) is 0.459. The van der Waals surface area contributed by atoms with Crippen molar-refractivity contribution in [3.63, 3.8) is 0 Å². The normalized spacial score (nSPS) is 10.7. The molecule has 2 aromatic rings. The molecule has 0 saturated heterocycles. The van der Waals surface area contributed by atoms with Crippen LogP contribution in [0.5, 0.6) is 5.75 Å². The number of nitrogens with zero attached hydrogens (tertiary/aromatic N) is 1. The van der Waals surface area contributed by atoms with Gasteiger partial charge >= 0.3 is 5.97 Å². The van der Waals surface area contributed by atoms with Crippen LogP contribution in [0.2, 0.25) is 0 Å². The fourth-order valence-corrected chi connectivity index (χ4v) is 4.40. The number of hydrogen-bond donors (Lipinski definition) is 1. The molecule has 8 heteroatoms. The maximum atomic E-state index is 12.9. The van der Waals surface area contributed by atoms with Gasteiger partial charge < -0.3 is 19.7 Å². The van der Waals surface area contributed by atoms with Crippen LogP contribution in [0.3, 0.4) is 0 Å². The third kappa shape index (κ3) is 6.32. The van der Waals surface area contributed by atoms with Crippen LogP contribution in [0.15, 0.2) is 24.3 Å². The lowest BCUT2D eigenvalue weighted by Crippen LogP contribution is -2.30. The van der Waals surface area contributed by atoms with Gasteiger partial charge in [-0.2, -0.15) is 0 Å². The summed E-state index contributed by atoms with van der Waals surface area (Å²) in [7, 11) is 1.60. The highest BCUT2D eigenvalue weighted by atomic mass is 32.1. The molecule has 2 rings (SSSR count). The molecule has 32 heavy (non-hydrogen) atoms. The zero-order valence-corrected chi connectivity index (χ0v) is 20.4. The first-order valence-corrected chi connectivity index (χ1v) is 11.6. The number of ether oxygens (including phenoxy) is 2. The highest BCUT2D eigenvalue weighted by Crippen LogP contribution is 2.35. The molecule has 174 valence electrons. The van der Waals surface area contributed by atoms with Crippen LogP contribution in [-0.4, -0.2) is 49.0 Å². The Kier molecular flexibility index (Phi) is 9.26. The summed E-state index contributed by atoms with van der Waals surface area (Å²) in [5.41, 5.74) is 1.78. The topological polar surface area (TPSA) is 84.9 Å². The number of methoxy groups -OCH3 is 1. The van der Waals surface area contributed by atoms with E-state index >= 15 is 0 Å². The van der Waals surface area contributed by atoms with Crippen LogP contribution >= 0.6 is 11.3 Å². The number of rotatable bonds is 10. The van der Waals surface area contributed by atoms with Gasteiger partial charge in [0.2, 0.25) is 5.91 Å². The largest absolute Gasteiger partial charge is 0.497 e. The summed E-state index contributed by atoms with van der Waals surface area (Å²) in [5.74, 6) is -0.180. The average molecular weight is 461 g/mol. The van der Waals surface area contributed by atoms with Crippen molar-refractivity contribution in [3.8, 4) is 5.75 Å². The van der Waals surface area contributed by atoms with E-state index in [0.29, 0.717) is 35.0 Å². The molecule has 0 atom stereocenters. The maximum absolute atomic E-state index is 12.9. The van der Waals surface area contributed by atoms with Crippen LogP contribution in [0.25, 0.3) is 0 Å². The van der Waals surface area contributed by atoms with Crippen LogP contribution in [0.4, 0.5) is 5.00 Å². The molecule has 0 aliphatic heterocycles. The number of hydrogen-bond acceptors (Lipinski definition) is 6. The van der Waals surface area contributed by atoms with E-state index in [-0.39, 0.29) is 29.9 Å². The molecule has 1 aromatic heterocycles. The van der Waals surface area contributed by atoms with Crippen molar-refractivity contribution < 1.29 is 23.9 Å². The Bertz CT molecular complexity index is 946. The van der Waals surface area contributed by atoms with Gasteiger partial charge in [-0.05, 0) is 64.3 Å². The van der Waals surface area contributed by atoms with Crippen molar-refractivity contribution in [2.45, 2.75) is 53.6 Å². The Labute approximate surface area is 193 Å². The number of carbonyl (C=O) groups is 3. The number of nitrogens with one attached hydrogen (secondary N) is 1. The molecule has 0 aliphatic rings. The van der Waals surface area contributed by atoms with Gasteiger partial charge in [-0.3, -0.25) is 9.59 Å². The van der Waals surface area contributed by atoms with E-state index in [0.717, 1.165) is 22.6 Å². The first kappa shape index (κ1) is 25.4. The summed E-state index contributed by atoms with van der Waals surface area (Å²) in [6, 6.07) is 7.52. The van der Waals surface area contributed by atoms with Crippen molar-refractivity contribution in [3.05, 3.63) is 45.8 Å². The lowest BCUT2D eigenvalue weighted by Gasteiger charge is -2.18. The molecular weight excluding hydrogens is 428 g/mol. The van der Waals surface area contributed by atoms with Crippen LogP contribution < -0.4 is 10.1 Å². The second-order valence-corrected chi connectivity index (χ2v) is 8.61. The fourth-order valence-electron chi connectivity index (χ4n) is 3.22. The third-order valence-electron chi connectivity index (χ3n) is 4.99. The molecule has 0 unspecified atom stereocenters. The Morgan fingerprint density at radius 3 is 2.25 bits per heavy atom. The number of amides is 2. The minimum atomic E-state index is -0.544. The molecule has 1 aromatic carbocycles. The standard InChI is InChI=1S/C24H32N2O5S/c1-7-26(8-2)23(28)21-16(5)20(24(29)31-15(3)4)22(32-21)25-19(27)14-11-17-9-12-18(30-6)13-10-17/h9-10,12-13,15H,7-8,11,14H2,1-6H3,(H,25,27). The van der Waals surface area contributed by atoms with E-state index < -0.39 is 5.97 Å². The van der Waals surface area contributed by atoms with E-state index in [2.05, 4.69) is 5.32 Å². The molecule has 0 bridgehead atoms. The fraction of sp³-hybridized carbons (Fsp3) is 0.458. The maximum Gasteiger partial charge on any atom is 0.341 e. The van der Waals surface area contributed by atoms with Crippen molar-refractivity contribution in [1.29, 1.82) is 0 Å². The van der Waals surface area contributed by atoms with Gasteiger partial charge in [-0.15, -0.1) is 11.3 Å². The number of anilines is 1. The van der Waals surface area contributed by atoms with E-state index in [1.54, 1.807) is 32.8 Å². The highest BCUT2D eigenvalue weighted by molar-refractivity contribution is 7.18. The highest BCUT2D eigenvalue weighted by Gasteiger charge is 2.28. The van der Waals surface area contributed by atoms with Gasteiger partial charge in [0.05, 0.1) is 23.7 Å². The van der Waals surface area contributed by atoms with Gasteiger partial charge in [0.15, 0.2) is 0 Å². The molecule has 0 radical (unpaired) electrons. The molecule has 1 heterocycles.